The molecule has 0 unspecified atom stereocenters. The van der Waals surface area contributed by atoms with Crippen LogP contribution in [0.3, 0.4) is 0 Å². The molecule has 2 fully saturated rings. The number of fused-ring (bicyclic) bond motifs is 1. The predicted molar refractivity (Wildman–Crippen MR) is 101 cm³/mol. The van der Waals surface area contributed by atoms with Crippen LogP contribution in [0, 0.1) is 6.92 Å². The molecular weight excluding hydrogens is 346 g/mol. The Balaban J connectivity index is 1.59. The first kappa shape index (κ1) is 17.6. The summed E-state index contributed by atoms with van der Waals surface area (Å²) in [5, 5.41) is 0.609. The normalized spacial score (nSPS) is 22.5. The molecule has 1 aromatic carbocycles. The Morgan fingerprint density at radius 2 is 2.00 bits per heavy atom. The smallest absolute Gasteiger partial charge is 0.410 e. The van der Waals surface area contributed by atoms with Crippen molar-refractivity contribution in [1.29, 1.82) is 0 Å². The number of aromatic nitrogens is 1. The van der Waals surface area contributed by atoms with Crippen molar-refractivity contribution in [1.82, 2.24) is 14.4 Å². The van der Waals surface area contributed by atoms with E-state index in [1.54, 1.807) is 29.0 Å². The first-order chi connectivity index (χ1) is 12.9. The first-order valence-corrected chi connectivity index (χ1v) is 9.20. The van der Waals surface area contributed by atoms with E-state index in [1.165, 1.54) is 0 Å². The van der Waals surface area contributed by atoms with E-state index in [1.807, 2.05) is 29.7 Å². The maximum Gasteiger partial charge on any atom is 0.410 e. The average Bonchev–Trinajstić information content (AvgIpc) is 2.91. The number of pyridine rings is 1. The average molecular weight is 369 g/mol. The number of likely N-dealkylation sites (N-methyl/N-ethyl adjacent to an activating group) is 1. The van der Waals surface area contributed by atoms with Crippen molar-refractivity contribution in [3.05, 3.63) is 46.2 Å². The van der Waals surface area contributed by atoms with Gasteiger partial charge in [-0.1, -0.05) is 12.1 Å². The predicted octanol–water partition coefficient (Wildman–Crippen LogP) is 1.75. The molecule has 7 nitrogen and oxygen atoms in total. The minimum absolute atomic E-state index is 0.0309. The van der Waals surface area contributed by atoms with Gasteiger partial charge in [0.1, 0.15) is 12.1 Å². The van der Waals surface area contributed by atoms with Gasteiger partial charge in [0.15, 0.2) is 5.43 Å². The zero-order valence-corrected chi connectivity index (χ0v) is 15.6. The molecule has 2 amide bonds. The third-order valence-electron chi connectivity index (χ3n) is 5.55. The zero-order valence-electron chi connectivity index (χ0n) is 15.6. The molecule has 7 heteroatoms. The van der Waals surface area contributed by atoms with Crippen LogP contribution in [0.15, 0.2) is 35.1 Å². The van der Waals surface area contributed by atoms with Crippen molar-refractivity contribution in [2.45, 2.75) is 31.9 Å². The Kier molecular flexibility index (Phi) is 4.17. The van der Waals surface area contributed by atoms with Gasteiger partial charge in [-0.05, 0) is 31.9 Å². The van der Waals surface area contributed by atoms with E-state index in [-0.39, 0.29) is 24.0 Å². The monoisotopic (exact) mass is 369 g/mol. The lowest BCUT2D eigenvalue weighted by Crippen LogP contribution is -2.53. The minimum Gasteiger partial charge on any atom is -0.439 e. The van der Waals surface area contributed by atoms with Gasteiger partial charge >= 0.3 is 6.09 Å². The zero-order chi connectivity index (χ0) is 19.2. The number of hydrogen-bond donors (Lipinski definition) is 0. The Bertz CT molecular complexity index is 983. The number of carbonyl (C=O) groups is 2. The molecule has 2 aliphatic rings. The molecular formula is C20H23N3O4. The van der Waals surface area contributed by atoms with E-state index in [4.69, 9.17) is 4.74 Å². The van der Waals surface area contributed by atoms with Gasteiger partial charge in [0.05, 0.1) is 18.6 Å². The fraction of sp³-hybridized carbons (Fsp3) is 0.450. The van der Waals surface area contributed by atoms with Crippen LogP contribution < -0.4 is 5.43 Å². The van der Waals surface area contributed by atoms with Gasteiger partial charge in [-0.25, -0.2) is 4.79 Å². The SMILES string of the molecule is Cc1cc(=O)c2ccccc2n1CC(=O)N1CCC[C@]2(CN(C)C(=O)O2)C1. The number of carbonyl (C=O) groups excluding carboxylic acids is 2. The van der Waals surface area contributed by atoms with E-state index in [9.17, 15) is 14.4 Å². The lowest BCUT2D eigenvalue weighted by molar-refractivity contribution is -0.137. The van der Waals surface area contributed by atoms with Crippen LogP contribution in [0.25, 0.3) is 10.9 Å². The van der Waals surface area contributed by atoms with E-state index in [0.717, 1.165) is 24.1 Å². The van der Waals surface area contributed by atoms with Crippen molar-refractivity contribution >= 4 is 22.9 Å². The number of likely N-dealkylation sites (tertiary alicyclic amines) is 1. The number of piperidine rings is 1. The van der Waals surface area contributed by atoms with Gasteiger partial charge in [-0.15, -0.1) is 0 Å². The van der Waals surface area contributed by atoms with Crippen LogP contribution in [-0.4, -0.2) is 58.7 Å². The van der Waals surface area contributed by atoms with Gasteiger partial charge in [0.2, 0.25) is 5.91 Å². The molecule has 27 heavy (non-hydrogen) atoms. The van der Waals surface area contributed by atoms with Crippen molar-refractivity contribution < 1.29 is 14.3 Å². The Labute approximate surface area is 157 Å². The highest BCUT2D eigenvalue weighted by Crippen LogP contribution is 2.31. The summed E-state index contributed by atoms with van der Waals surface area (Å²) >= 11 is 0. The molecule has 0 bridgehead atoms. The second-order valence-electron chi connectivity index (χ2n) is 7.58. The molecule has 3 heterocycles. The highest BCUT2D eigenvalue weighted by molar-refractivity contribution is 5.83. The maximum absolute atomic E-state index is 13.0. The van der Waals surface area contributed by atoms with E-state index >= 15 is 0 Å². The van der Waals surface area contributed by atoms with Gasteiger partial charge in [0, 0.05) is 30.7 Å². The number of benzene rings is 1. The maximum atomic E-state index is 13.0. The molecule has 0 aliphatic carbocycles. The van der Waals surface area contributed by atoms with Crippen LogP contribution in [0.2, 0.25) is 0 Å². The van der Waals surface area contributed by atoms with Gasteiger partial charge in [0.25, 0.3) is 0 Å². The van der Waals surface area contributed by atoms with Gasteiger partial charge in [-0.2, -0.15) is 0 Å². The number of ether oxygens (including phenoxy) is 1. The van der Waals surface area contributed by atoms with Gasteiger partial charge in [-0.3, -0.25) is 9.59 Å². The minimum atomic E-state index is -0.597. The first-order valence-electron chi connectivity index (χ1n) is 9.20. The van der Waals surface area contributed by atoms with Crippen LogP contribution in [-0.2, 0) is 16.1 Å². The summed E-state index contributed by atoms with van der Waals surface area (Å²) in [5.74, 6) is -0.0309. The lowest BCUT2D eigenvalue weighted by Gasteiger charge is -2.38. The summed E-state index contributed by atoms with van der Waals surface area (Å²) in [7, 11) is 1.72. The topological polar surface area (TPSA) is 71.9 Å². The molecule has 0 N–H and O–H groups in total. The van der Waals surface area contributed by atoms with Crippen LogP contribution >= 0.6 is 0 Å². The molecule has 4 rings (SSSR count). The van der Waals surface area contributed by atoms with Crippen LogP contribution in [0.1, 0.15) is 18.5 Å². The fourth-order valence-corrected chi connectivity index (χ4v) is 4.21. The van der Waals surface area contributed by atoms with Gasteiger partial charge < -0.3 is 19.1 Å². The third kappa shape index (κ3) is 3.07. The summed E-state index contributed by atoms with van der Waals surface area (Å²) in [6.45, 7) is 3.58. The number of amides is 2. The highest BCUT2D eigenvalue weighted by atomic mass is 16.6. The Hall–Kier alpha value is -2.83. The Morgan fingerprint density at radius 3 is 2.74 bits per heavy atom. The molecule has 0 saturated carbocycles. The fourth-order valence-electron chi connectivity index (χ4n) is 4.21. The van der Waals surface area contributed by atoms with E-state index < -0.39 is 5.60 Å². The van der Waals surface area contributed by atoms with E-state index in [2.05, 4.69) is 0 Å². The van der Waals surface area contributed by atoms with E-state index in [0.29, 0.717) is 25.0 Å². The quantitative estimate of drug-likeness (QED) is 0.809. The summed E-state index contributed by atoms with van der Waals surface area (Å²) in [6.07, 6.45) is 1.25. The third-order valence-corrected chi connectivity index (χ3v) is 5.55. The number of rotatable bonds is 2. The largest absolute Gasteiger partial charge is 0.439 e. The standard InChI is InChI=1S/C20H23N3O4/c1-14-10-17(24)15-6-3-4-7-16(15)23(14)11-18(25)22-9-5-8-20(13-22)12-21(2)19(26)27-20/h3-4,6-7,10H,5,8-9,11-13H2,1-2H3/t20-/m0/s1. The molecule has 2 aliphatic heterocycles. The molecule has 1 spiro atoms. The number of para-hydroxylation sites is 1. The molecule has 1 aromatic heterocycles. The van der Waals surface area contributed by atoms with Crippen LogP contribution in [0.4, 0.5) is 4.79 Å². The number of nitrogens with zero attached hydrogens (tertiary/aromatic N) is 3. The van der Waals surface area contributed by atoms with Crippen molar-refractivity contribution in [2.24, 2.45) is 0 Å². The molecule has 142 valence electrons. The molecule has 1 atom stereocenters. The highest BCUT2D eigenvalue weighted by Gasteiger charge is 2.47. The second-order valence-corrected chi connectivity index (χ2v) is 7.58. The molecule has 2 saturated heterocycles. The van der Waals surface area contributed by atoms with Crippen LogP contribution in [0.5, 0.6) is 0 Å². The summed E-state index contributed by atoms with van der Waals surface area (Å²) in [6, 6.07) is 8.90. The molecule has 2 aromatic rings. The number of hydrogen-bond acceptors (Lipinski definition) is 4. The second kappa shape index (κ2) is 6.40. The Morgan fingerprint density at radius 1 is 1.22 bits per heavy atom. The lowest BCUT2D eigenvalue weighted by atomic mass is 9.92. The summed E-state index contributed by atoms with van der Waals surface area (Å²) < 4.78 is 7.47. The number of aryl methyl sites for hydroxylation is 1. The molecule has 0 radical (unpaired) electrons. The van der Waals surface area contributed by atoms with Crippen molar-refractivity contribution in [3.8, 4) is 0 Å². The van der Waals surface area contributed by atoms with Crippen molar-refractivity contribution in [2.75, 3.05) is 26.7 Å². The summed E-state index contributed by atoms with van der Waals surface area (Å²) in [5.41, 5.74) is 0.880. The summed E-state index contributed by atoms with van der Waals surface area (Å²) in [4.78, 5) is 40.4. The van der Waals surface area contributed by atoms with Crippen molar-refractivity contribution in [3.63, 3.8) is 0 Å².